The second kappa shape index (κ2) is 6.00. The molecule has 1 amide bonds. The molecule has 1 aliphatic rings. The van der Waals surface area contributed by atoms with Gasteiger partial charge in [0.1, 0.15) is 0 Å². The number of hydrogen-bond donors (Lipinski definition) is 3. The van der Waals surface area contributed by atoms with Crippen LogP contribution in [-0.4, -0.2) is 29.1 Å². The number of carboxylic acid groups (broad SMARTS) is 1. The van der Waals surface area contributed by atoms with Crippen molar-refractivity contribution in [3.05, 3.63) is 0 Å². The lowest BCUT2D eigenvalue weighted by atomic mass is 9.77. The van der Waals surface area contributed by atoms with Crippen molar-refractivity contribution in [1.82, 2.24) is 5.32 Å². The van der Waals surface area contributed by atoms with Crippen LogP contribution in [0, 0.1) is 5.92 Å². The largest absolute Gasteiger partial charge is 0.481 e. The normalized spacial score (nSPS) is 19.2. The molecule has 0 aromatic carbocycles. The Morgan fingerprint density at radius 1 is 1.41 bits per heavy atom. The van der Waals surface area contributed by atoms with Crippen LogP contribution in [0.2, 0.25) is 0 Å². The molecule has 0 aromatic rings. The van der Waals surface area contributed by atoms with Crippen LogP contribution in [-0.2, 0) is 9.59 Å². The molecule has 0 spiro atoms. The summed E-state index contributed by atoms with van der Waals surface area (Å²) in [6.45, 7) is 2.58. The Kier molecular flexibility index (Phi) is 4.93. The quantitative estimate of drug-likeness (QED) is 0.617. The van der Waals surface area contributed by atoms with Gasteiger partial charge in [0.25, 0.3) is 0 Å². The van der Waals surface area contributed by atoms with Gasteiger partial charge in [-0.2, -0.15) is 0 Å². The lowest BCUT2D eigenvalue weighted by Gasteiger charge is -2.36. The zero-order chi connectivity index (χ0) is 12.9. The molecule has 0 aromatic heterocycles. The van der Waals surface area contributed by atoms with E-state index in [1.54, 1.807) is 0 Å². The van der Waals surface area contributed by atoms with Gasteiger partial charge in [-0.1, -0.05) is 6.92 Å². The van der Waals surface area contributed by atoms with E-state index in [1.807, 2.05) is 6.92 Å². The van der Waals surface area contributed by atoms with Gasteiger partial charge in [-0.3, -0.25) is 9.59 Å². The van der Waals surface area contributed by atoms with Crippen molar-refractivity contribution in [2.24, 2.45) is 11.7 Å². The minimum absolute atomic E-state index is 0.0609. The van der Waals surface area contributed by atoms with E-state index in [-0.39, 0.29) is 12.3 Å². The molecule has 1 rings (SSSR count). The number of nitrogens with two attached hydrogens (primary N) is 1. The second-order valence-corrected chi connectivity index (χ2v) is 5.09. The van der Waals surface area contributed by atoms with Crippen LogP contribution in [0.25, 0.3) is 0 Å². The molecule has 1 atom stereocenters. The Hall–Kier alpha value is -1.10. The van der Waals surface area contributed by atoms with Crippen LogP contribution in [0.1, 0.15) is 45.4 Å². The Morgan fingerprint density at radius 2 is 2.06 bits per heavy atom. The Morgan fingerprint density at radius 3 is 2.53 bits per heavy atom. The van der Waals surface area contributed by atoms with Crippen molar-refractivity contribution in [1.29, 1.82) is 0 Å². The maximum atomic E-state index is 11.7. The fraction of sp³-hybridized carbons (Fsp3) is 0.833. The monoisotopic (exact) mass is 242 g/mol. The molecule has 1 unspecified atom stereocenters. The number of carboxylic acids is 1. The molecule has 4 N–H and O–H groups in total. The first-order chi connectivity index (χ1) is 7.94. The molecule has 98 valence electrons. The number of rotatable bonds is 7. The SMILES string of the molecule is CC(CCNC(=O)C1(N)CCC1)CCC(=O)O. The lowest BCUT2D eigenvalue weighted by Crippen LogP contribution is -2.58. The molecule has 17 heavy (non-hydrogen) atoms. The van der Waals surface area contributed by atoms with E-state index in [9.17, 15) is 9.59 Å². The highest BCUT2D eigenvalue weighted by atomic mass is 16.4. The van der Waals surface area contributed by atoms with Crippen molar-refractivity contribution in [3.8, 4) is 0 Å². The predicted molar refractivity (Wildman–Crippen MR) is 64.4 cm³/mol. The zero-order valence-corrected chi connectivity index (χ0v) is 10.4. The molecule has 5 heteroatoms. The maximum Gasteiger partial charge on any atom is 0.303 e. The summed E-state index contributed by atoms with van der Waals surface area (Å²) in [5, 5.41) is 11.4. The molecule has 0 bridgehead atoms. The van der Waals surface area contributed by atoms with E-state index in [2.05, 4.69) is 5.32 Å². The van der Waals surface area contributed by atoms with Crippen LogP contribution in [0.15, 0.2) is 0 Å². The van der Waals surface area contributed by atoms with Gasteiger partial charge in [0, 0.05) is 13.0 Å². The van der Waals surface area contributed by atoms with Gasteiger partial charge in [0.15, 0.2) is 0 Å². The van der Waals surface area contributed by atoms with Crippen LogP contribution in [0.4, 0.5) is 0 Å². The van der Waals surface area contributed by atoms with Crippen molar-refractivity contribution in [2.45, 2.75) is 51.0 Å². The minimum Gasteiger partial charge on any atom is -0.481 e. The smallest absolute Gasteiger partial charge is 0.303 e. The highest BCUT2D eigenvalue weighted by Gasteiger charge is 2.39. The van der Waals surface area contributed by atoms with E-state index in [1.165, 1.54) is 0 Å². The van der Waals surface area contributed by atoms with Gasteiger partial charge in [-0.05, 0) is 38.0 Å². The molecule has 1 fully saturated rings. The minimum atomic E-state index is -0.767. The summed E-state index contributed by atoms with van der Waals surface area (Å²) in [6.07, 6.45) is 4.21. The predicted octanol–water partition coefficient (Wildman–Crippen LogP) is 0.875. The average molecular weight is 242 g/mol. The zero-order valence-electron chi connectivity index (χ0n) is 10.4. The summed E-state index contributed by atoms with van der Waals surface area (Å²) in [7, 11) is 0. The third-order valence-electron chi connectivity index (χ3n) is 3.47. The van der Waals surface area contributed by atoms with Gasteiger partial charge < -0.3 is 16.2 Å². The lowest BCUT2D eigenvalue weighted by molar-refractivity contribution is -0.137. The molecule has 0 radical (unpaired) electrons. The van der Waals surface area contributed by atoms with Crippen LogP contribution < -0.4 is 11.1 Å². The first-order valence-corrected chi connectivity index (χ1v) is 6.23. The Balaban J connectivity index is 2.10. The third kappa shape index (κ3) is 4.34. The molecule has 1 saturated carbocycles. The Labute approximate surface area is 102 Å². The first-order valence-electron chi connectivity index (χ1n) is 6.23. The number of carbonyl (C=O) groups is 2. The number of carbonyl (C=O) groups excluding carboxylic acids is 1. The van der Waals surface area contributed by atoms with Gasteiger partial charge >= 0.3 is 5.97 Å². The van der Waals surface area contributed by atoms with Crippen LogP contribution in [0.5, 0.6) is 0 Å². The standard InChI is InChI=1S/C12H22N2O3/c1-9(3-4-10(15)16)5-8-14-11(17)12(13)6-2-7-12/h9H,2-8,13H2,1H3,(H,14,17)(H,15,16). The van der Waals surface area contributed by atoms with Crippen molar-refractivity contribution in [2.75, 3.05) is 6.54 Å². The van der Waals surface area contributed by atoms with E-state index in [0.29, 0.717) is 18.9 Å². The third-order valence-corrected chi connectivity index (χ3v) is 3.47. The van der Waals surface area contributed by atoms with Crippen molar-refractivity contribution < 1.29 is 14.7 Å². The van der Waals surface area contributed by atoms with Gasteiger partial charge in [0.05, 0.1) is 5.54 Å². The summed E-state index contributed by atoms with van der Waals surface area (Å²) in [6, 6.07) is 0. The van der Waals surface area contributed by atoms with E-state index >= 15 is 0 Å². The van der Waals surface area contributed by atoms with Crippen molar-refractivity contribution >= 4 is 11.9 Å². The number of nitrogens with one attached hydrogen (secondary N) is 1. The highest BCUT2D eigenvalue weighted by Crippen LogP contribution is 2.28. The molecule has 0 heterocycles. The van der Waals surface area contributed by atoms with Crippen LogP contribution in [0.3, 0.4) is 0 Å². The topological polar surface area (TPSA) is 92.4 Å². The fourth-order valence-electron chi connectivity index (χ4n) is 1.91. The van der Waals surface area contributed by atoms with Gasteiger partial charge in [-0.25, -0.2) is 0 Å². The van der Waals surface area contributed by atoms with Gasteiger partial charge in [0.2, 0.25) is 5.91 Å². The average Bonchev–Trinajstić information content (AvgIpc) is 2.22. The molecular formula is C12H22N2O3. The highest BCUT2D eigenvalue weighted by molar-refractivity contribution is 5.86. The van der Waals surface area contributed by atoms with E-state index in [4.69, 9.17) is 10.8 Å². The Bertz CT molecular complexity index is 287. The summed E-state index contributed by atoms with van der Waals surface area (Å²) in [5.41, 5.74) is 5.24. The molecule has 0 aliphatic heterocycles. The van der Waals surface area contributed by atoms with E-state index in [0.717, 1.165) is 25.7 Å². The van der Waals surface area contributed by atoms with Crippen molar-refractivity contribution in [3.63, 3.8) is 0 Å². The molecule has 5 nitrogen and oxygen atoms in total. The number of amides is 1. The molecular weight excluding hydrogens is 220 g/mol. The summed E-state index contributed by atoms with van der Waals surface area (Å²) >= 11 is 0. The summed E-state index contributed by atoms with van der Waals surface area (Å²) in [5.74, 6) is -0.521. The maximum absolute atomic E-state index is 11.7. The summed E-state index contributed by atoms with van der Waals surface area (Å²) in [4.78, 5) is 22.0. The first kappa shape index (κ1) is 14.0. The van der Waals surface area contributed by atoms with Gasteiger partial charge in [-0.15, -0.1) is 0 Å². The molecule has 0 saturated heterocycles. The van der Waals surface area contributed by atoms with E-state index < -0.39 is 11.5 Å². The van der Waals surface area contributed by atoms with Crippen LogP contribution >= 0.6 is 0 Å². The number of hydrogen-bond acceptors (Lipinski definition) is 3. The summed E-state index contributed by atoms with van der Waals surface area (Å²) < 4.78 is 0. The fourth-order valence-corrected chi connectivity index (χ4v) is 1.91. The number of aliphatic carboxylic acids is 1. The second-order valence-electron chi connectivity index (χ2n) is 5.09. The molecule has 1 aliphatic carbocycles.